The van der Waals surface area contributed by atoms with Gasteiger partial charge >= 0.3 is 0 Å². The molecule has 1 heterocycles. The van der Waals surface area contributed by atoms with Crippen molar-refractivity contribution in [1.29, 1.82) is 0 Å². The molecule has 2 nitrogen and oxygen atoms in total. The van der Waals surface area contributed by atoms with Crippen LogP contribution in [0.4, 0.5) is 8.78 Å². The largest absolute Gasteiger partial charge is 0.467 e. The molecule has 1 N–H and O–H groups in total. The first-order valence-electron chi connectivity index (χ1n) is 5.95. The summed E-state index contributed by atoms with van der Waals surface area (Å²) in [6.45, 7) is 3.34. The first-order valence-corrected chi connectivity index (χ1v) is 5.95. The third-order valence-electron chi connectivity index (χ3n) is 2.69. The molecule has 0 atom stereocenters. The Kier molecular flexibility index (Phi) is 4.10. The molecular weight excluding hydrogens is 236 g/mol. The van der Waals surface area contributed by atoms with E-state index >= 15 is 0 Å². The van der Waals surface area contributed by atoms with Crippen LogP contribution in [0.15, 0.2) is 34.9 Å². The number of hydrogen-bond acceptors (Lipinski definition) is 2. The van der Waals surface area contributed by atoms with E-state index in [9.17, 15) is 8.78 Å². The fourth-order valence-electron chi connectivity index (χ4n) is 1.83. The SMILES string of the molecule is CCCNCc1occc1-c1c(F)cccc1F. The minimum absolute atomic E-state index is 0.0282. The van der Waals surface area contributed by atoms with Crippen molar-refractivity contribution in [2.24, 2.45) is 0 Å². The standard InChI is InChI=1S/C14H15F2NO/c1-2-7-17-9-13-10(6-8-18-13)14-11(15)4-3-5-12(14)16/h3-6,8,17H,2,7,9H2,1H3. The van der Waals surface area contributed by atoms with Crippen molar-refractivity contribution in [2.75, 3.05) is 6.54 Å². The molecule has 1 aromatic carbocycles. The van der Waals surface area contributed by atoms with Gasteiger partial charge in [0.05, 0.1) is 18.4 Å². The van der Waals surface area contributed by atoms with Crippen LogP contribution in [-0.2, 0) is 6.54 Å². The van der Waals surface area contributed by atoms with Gasteiger partial charge in [-0.25, -0.2) is 8.78 Å². The van der Waals surface area contributed by atoms with Gasteiger partial charge in [0.25, 0.3) is 0 Å². The first-order chi connectivity index (χ1) is 8.74. The van der Waals surface area contributed by atoms with Crippen LogP contribution in [0.2, 0.25) is 0 Å². The van der Waals surface area contributed by atoms with Crippen molar-refractivity contribution in [2.45, 2.75) is 19.9 Å². The Bertz CT molecular complexity index is 502. The van der Waals surface area contributed by atoms with Crippen molar-refractivity contribution in [3.05, 3.63) is 47.9 Å². The molecule has 2 aromatic rings. The zero-order valence-electron chi connectivity index (χ0n) is 10.2. The first kappa shape index (κ1) is 12.8. The number of furan rings is 1. The van der Waals surface area contributed by atoms with Gasteiger partial charge in [-0.15, -0.1) is 0 Å². The van der Waals surface area contributed by atoms with E-state index in [1.54, 1.807) is 6.07 Å². The molecule has 0 saturated carbocycles. The lowest BCUT2D eigenvalue weighted by atomic mass is 10.0. The second kappa shape index (κ2) is 5.78. The minimum atomic E-state index is -0.576. The third kappa shape index (κ3) is 2.59. The molecule has 0 saturated heterocycles. The van der Waals surface area contributed by atoms with Crippen molar-refractivity contribution in [3.63, 3.8) is 0 Å². The normalized spacial score (nSPS) is 10.8. The number of rotatable bonds is 5. The Labute approximate surface area is 105 Å². The Morgan fingerprint density at radius 3 is 2.56 bits per heavy atom. The van der Waals surface area contributed by atoms with Crippen LogP contribution < -0.4 is 5.32 Å². The number of nitrogens with one attached hydrogen (secondary N) is 1. The Balaban J connectivity index is 2.31. The zero-order chi connectivity index (χ0) is 13.0. The molecule has 4 heteroatoms. The van der Waals surface area contributed by atoms with Gasteiger partial charge in [-0.05, 0) is 31.2 Å². The van der Waals surface area contributed by atoms with Crippen LogP contribution in [-0.4, -0.2) is 6.54 Å². The number of hydrogen-bond donors (Lipinski definition) is 1. The van der Waals surface area contributed by atoms with Gasteiger partial charge < -0.3 is 9.73 Å². The van der Waals surface area contributed by atoms with Gasteiger partial charge in [0.1, 0.15) is 17.4 Å². The van der Waals surface area contributed by atoms with Crippen molar-refractivity contribution < 1.29 is 13.2 Å². The molecule has 1 aromatic heterocycles. The maximum atomic E-state index is 13.7. The molecule has 0 fully saturated rings. The highest BCUT2D eigenvalue weighted by atomic mass is 19.1. The summed E-state index contributed by atoms with van der Waals surface area (Å²) >= 11 is 0. The van der Waals surface area contributed by atoms with E-state index in [0.717, 1.165) is 13.0 Å². The summed E-state index contributed by atoms with van der Waals surface area (Å²) in [5, 5.41) is 3.15. The lowest BCUT2D eigenvalue weighted by Crippen LogP contribution is -2.13. The Hall–Kier alpha value is -1.68. The summed E-state index contributed by atoms with van der Waals surface area (Å²) in [5.41, 5.74) is 0.439. The second-order valence-electron chi connectivity index (χ2n) is 4.03. The smallest absolute Gasteiger partial charge is 0.134 e. The molecule has 0 aliphatic carbocycles. The van der Waals surface area contributed by atoms with Gasteiger partial charge in [0, 0.05) is 5.56 Å². The zero-order valence-corrected chi connectivity index (χ0v) is 10.2. The second-order valence-corrected chi connectivity index (χ2v) is 4.03. The van der Waals surface area contributed by atoms with E-state index in [1.807, 2.05) is 6.92 Å². The third-order valence-corrected chi connectivity index (χ3v) is 2.69. The highest BCUT2D eigenvalue weighted by molar-refractivity contribution is 5.66. The fraction of sp³-hybridized carbons (Fsp3) is 0.286. The molecule has 0 spiro atoms. The summed E-state index contributed by atoms with van der Waals surface area (Å²) in [6.07, 6.45) is 2.44. The van der Waals surface area contributed by atoms with Crippen LogP contribution in [0, 0.1) is 11.6 Å². The summed E-state index contributed by atoms with van der Waals surface area (Å²) in [6, 6.07) is 5.43. The predicted octanol–water partition coefficient (Wildman–Crippen LogP) is 3.72. The summed E-state index contributed by atoms with van der Waals surface area (Å²) < 4.78 is 32.6. The van der Waals surface area contributed by atoms with E-state index in [0.29, 0.717) is 17.9 Å². The molecule has 0 aliphatic heterocycles. The monoisotopic (exact) mass is 251 g/mol. The summed E-state index contributed by atoms with van der Waals surface area (Å²) in [4.78, 5) is 0. The van der Waals surface area contributed by atoms with E-state index in [4.69, 9.17) is 4.42 Å². The number of halogens is 2. The van der Waals surface area contributed by atoms with Crippen molar-refractivity contribution in [1.82, 2.24) is 5.32 Å². The van der Waals surface area contributed by atoms with Crippen LogP contribution in [0.1, 0.15) is 19.1 Å². The Morgan fingerprint density at radius 2 is 1.89 bits per heavy atom. The van der Waals surface area contributed by atoms with Crippen LogP contribution in [0.5, 0.6) is 0 Å². The van der Waals surface area contributed by atoms with Crippen molar-refractivity contribution >= 4 is 0 Å². The van der Waals surface area contributed by atoms with Gasteiger partial charge in [-0.2, -0.15) is 0 Å². The van der Waals surface area contributed by atoms with Crippen LogP contribution in [0.25, 0.3) is 11.1 Å². The average Bonchev–Trinajstić information content (AvgIpc) is 2.78. The quantitative estimate of drug-likeness (QED) is 0.819. The molecule has 0 radical (unpaired) electrons. The molecule has 0 unspecified atom stereocenters. The maximum absolute atomic E-state index is 13.7. The van der Waals surface area contributed by atoms with Gasteiger partial charge in [0.15, 0.2) is 0 Å². The molecule has 18 heavy (non-hydrogen) atoms. The van der Waals surface area contributed by atoms with Crippen molar-refractivity contribution in [3.8, 4) is 11.1 Å². The molecule has 0 amide bonds. The molecule has 2 rings (SSSR count). The lowest BCUT2D eigenvalue weighted by Gasteiger charge is -2.06. The van der Waals surface area contributed by atoms with Gasteiger partial charge in [-0.1, -0.05) is 13.0 Å². The van der Waals surface area contributed by atoms with Crippen LogP contribution in [0.3, 0.4) is 0 Å². The molecular formula is C14H15F2NO. The summed E-state index contributed by atoms with van der Waals surface area (Å²) in [5.74, 6) is -0.603. The minimum Gasteiger partial charge on any atom is -0.467 e. The van der Waals surface area contributed by atoms with E-state index in [-0.39, 0.29) is 5.56 Å². The fourth-order valence-corrected chi connectivity index (χ4v) is 1.83. The van der Waals surface area contributed by atoms with Crippen LogP contribution >= 0.6 is 0 Å². The summed E-state index contributed by atoms with van der Waals surface area (Å²) in [7, 11) is 0. The van der Waals surface area contributed by atoms with E-state index in [2.05, 4.69) is 5.32 Å². The average molecular weight is 251 g/mol. The van der Waals surface area contributed by atoms with Gasteiger partial charge in [-0.3, -0.25) is 0 Å². The molecule has 96 valence electrons. The maximum Gasteiger partial charge on any atom is 0.134 e. The van der Waals surface area contributed by atoms with Gasteiger partial charge in [0.2, 0.25) is 0 Å². The topological polar surface area (TPSA) is 25.2 Å². The predicted molar refractivity (Wildman–Crippen MR) is 66.1 cm³/mol. The van der Waals surface area contributed by atoms with E-state index < -0.39 is 11.6 Å². The Morgan fingerprint density at radius 1 is 1.17 bits per heavy atom. The highest BCUT2D eigenvalue weighted by Crippen LogP contribution is 2.29. The molecule has 0 bridgehead atoms. The highest BCUT2D eigenvalue weighted by Gasteiger charge is 2.16. The van der Waals surface area contributed by atoms with E-state index in [1.165, 1.54) is 24.5 Å². The number of benzene rings is 1. The molecule has 0 aliphatic rings. The lowest BCUT2D eigenvalue weighted by molar-refractivity contribution is 0.483.